The molecule has 1 fully saturated rings. The average Bonchev–Trinajstić information content (AvgIpc) is 3.63. The van der Waals surface area contributed by atoms with Crippen LogP contribution < -0.4 is 10.6 Å². The van der Waals surface area contributed by atoms with Crippen molar-refractivity contribution in [3.8, 4) is 11.8 Å². The lowest BCUT2D eigenvalue weighted by Crippen LogP contribution is -2.25. The first-order valence-electron chi connectivity index (χ1n) is 12.6. The number of aromatic nitrogens is 2. The van der Waals surface area contributed by atoms with Crippen LogP contribution in [0.15, 0.2) is 78.9 Å². The molecule has 0 spiro atoms. The third-order valence-electron chi connectivity index (χ3n) is 6.74. The SMILES string of the molecule is Cc1ccccc1C(NCC1CC1)c1cccc(NC(=O)c2cc(C(F)(F)F)nn2-c2cccc(C#N)c2)c1. The van der Waals surface area contributed by atoms with Crippen molar-refractivity contribution in [2.75, 3.05) is 11.9 Å². The number of hydrogen-bond acceptors (Lipinski definition) is 4. The largest absolute Gasteiger partial charge is 0.435 e. The van der Waals surface area contributed by atoms with Crippen LogP contribution in [0.2, 0.25) is 0 Å². The first kappa shape index (κ1) is 26.2. The van der Waals surface area contributed by atoms with Crippen molar-refractivity contribution in [1.29, 1.82) is 5.26 Å². The monoisotopic (exact) mass is 529 g/mol. The standard InChI is InChI=1S/C30H26F3N5O/c1-19-6-2-3-11-25(19)28(35-18-20-12-13-20)22-8-5-9-23(15-22)36-29(39)26-16-27(30(31,32)33)37-38(26)24-10-4-7-21(14-24)17-34/h2-11,14-16,20,28,35H,12-13,18H2,1H3,(H,36,39). The minimum absolute atomic E-state index is 0.111. The van der Waals surface area contributed by atoms with E-state index in [4.69, 9.17) is 0 Å². The second kappa shape index (κ2) is 10.8. The zero-order valence-corrected chi connectivity index (χ0v) is 21.2. The summed E-state index contributed by atoms with van der Waals surface area (Å²) in [6, 6.07) is 23.8. The van der Waals surface area contributed by atoms with Gasteiger partial charge in [0.1, 0.15) is 5.69 Å². The van der Waals surface area contributed by atoms with Crippen molar-refractivity contribution < 1.29 is 18.0 Å². The smallest absolute Gasteiger partial charge is 0.321 e. The van der Waals surface area contributed by atoms with E-state index >= 15 is 0 Å². The second-order valence-corrected chi connectivity index (χ2v) is 9.71. The van der Waals surface area contributed by atoms with Crippen LogP contribution >= 0.6 is 0 Å². The van der Waals surface area contributed by atoms with Crippen LogP contribution in [0.25, 0.3) is 5.69 Å². The molecule has 9 heteroatoms. The molecule has 4 aromatic rings. The van der Waals surface area contributed by atoms with E-state index < -0.39 is 17.8 Å². The Morgan fingerprint density at radius 1 is 1.08 bits per heavy atom. The summed E-state index contributed by atoms with van der Waals surface area (Å²) in [4.78, 5) is 13.3. The van der Waals surface area contributed by atoms with Crippen molar-refractivity contribution in [2.24, 2.45) is 5.92 Å². The molecule has 1 heterocycles. The van der Waals surface area contributed by atoms with E-state index in [0.717, 1.165) is 27.9 Å². The minimum atomic E-state index is -4.75. The fourth-order valence-corrected chi connectivity index (χ4v) is 4.50. The molecule has 1 aromatic heterocycles. The van der Waals surface area contributed by atoms with Gasteiger partial charge in [0.25, 0.3) is 5.91 Å². The molecule has 0 radical (unpaired) electrons. The van der Waals surface area contributed by atoms with Crippen LogP contribution in [0.4, 0.5) is 18.9 Å². The Balaban J connectivity index is 1.47. The lowest BCUT2D eigenvalue weighted by molar-refractivity contribution is -0.141. The van der Waals surface area contributed by atoms with Gasteiger partial charge in [0.15, 0.2) is 5.69 Å². The van der Waals surface area contributed by atoms with E-state index in [1.54, 1.807) is 6.07 Å². The number of halogens is 3. The van der Waals surface area contributed by atoms with Crippen LogP contribution in [0.5, 0.6) is 0 Å². The number of alkyl halides is 3. The first-order valence-corrected chi connectivity index (χ1v) is 12.6. The van der Waals surface area contributed by atoms with Gasteiger partial charge >= 0.3 is 6.18 Å². The summed E-state index contributed by atoms with van der Waals surface area (Å²) < 4.78 is 41.5. The minimum Gasteiger partial charge on any atom is -0.321 e. The zero-order chi connectivity index (χ0) is 27.6. The van der Waals surface area contributed by atoms with E-state index in [-0.39, 0.29) is 23.0 Å². The highest BCUT2D eigenvalue weighted by atomic mass is 19.4. The molecule has 0 bridgehead atoms. The summed E-state index contributed by atoms with van der Waals surface area (Å²) in [6.45, 7) is 2.92. The molecular formula is C30H26F3N5O. The number of hydrogen-bond donors (Lipinski definition) is 2. The van der Waals surface area contributed by atoms with E-state index in [9.17, 15) is 23.2 Å². The number of benzene rings is 3. The third-order valence-corrected chi connectivity index (χ3v) is 6.74. The summed E-state index contributed by atoms with van der Waals surface area (Å²) >= 11 is 0. The molecule has 1 aliphatic rings. The van der Waals surface area contributed by atoms with E-state index in [1.165, 1.54) is 37.1 Å². The molecule has 3 aromatic carbocycles. The molecule has 1 aliphatic carbocycles. The Labute approximate surface area is 224 Å². The molecular weight excluding hydrogens is 503 g/mol. The molecule has 1 atom stereocenters. The third kappa shape index (κ3) is 6.02. The highest BCUT2D eigenvalue weighted by molar-refractivity contribution is 6.03. The normalized spacial score (nSPS) is 14.0. The van der Waals surface area contributed by atoms with Crippen molar-refractivity contribution in [3.63, 3.8) is 0 Å². The van der Waals surface area contributed by atoms with Crippen LogP contribution in [0, 0.1) is 24.2 Å². The Morgan fingerprint density at radius 2 is 1.85 bits per heavy atom. The molecule has 0 aliphatic heterocycles. The van der Waals surface area contributed by atoms with Gasteiger partial charge in [-0.25, -0.2) is 4.68 Å². The maximum atomic E-state index is 13.5. The van der Waals surface area contributed by atoms with Gasteiger partial charge in [-0.15, -0.1) is 0 Å². The van der Waals surface area contributed by atoms with Crippen LogP contribution in [0.3, 0.4) is 0 Å². The summed E-state index contributed by atoms with van der Waals surface area (Å²) in [5.74, 6) is -0.0991. The number of carbonyl (C=O) groups excluding carboxylic acids is 1. The van der Waals surface area contributed by atoms with Crippen LogP contribution in [-0.4, -0.2) is 22.2 Å². The average molecular weight is 530 g/mol. The topological polar surface area (TPSA) is 82.7 Å². The molecule has 198 valence electrons. The number of nitrogens with zero attached hydrogens (tertiary/aromatic N) is 3. The highest BCUT2D eigenvalue weighted by Gasteiger charge is 2.36. The predicted octanol–water partition coefficient (Wildman–Crippen LogP) is 6.41. The fourth-order valence-electron chi connectivity index (χ4n) is 4.50. The van der Waals surface area contributed by atoms with Gasteiger partial charge in [0, 0.05) is 11.8 Å². The predicted molar refractivity (Wildman–Crippen MR) is 141 cm³/mol. The molecule has 2 N–H and O–H groups in total. The van der Waals surface area contributed by atoms with E-state index in [1.807, 2.05) is 49.4 Å². The van der Waals surface area contributed by atoms with Crippen LogP contribution in [0.1, 0.15) is 57.3 Å². The van der Waals surface area contributed by atoms with Gasteiger partial charge in [-0.3, -0.25) is 4.79 Å². The van der Waals surface area contributed by atoms with Crippen molar-refractivity contribution in [2.45, 2.75) is 32.0 Å². The highest BCUT2D eigenvalue weighted by Crippen LogP contribution is 2.32. The summed E-state index contributed by atoms with van der Waals surface area (Å²) in [6.07, 6.45) is -2.34. The van der Waals surface area contributed by atoms with Crippen molar-refractivity contribution in [3.05, 3.63) is 113 Å². The molecule has 1 saturated carbocycles. The summed E-state index contributed by atoms with van der Waals surface area (Å²) in [7, 11) is 0. The second-order valence-electron chi connectivity index (χ2n) is 9.71. The number of carbonyl (C=O) groups is 1. The lowest BCUT2D eigenvalue weighted by atomic mass is 9.94. The van der Waals surface area contributed by atoms with Crippen molar-refractivity contribution in [1.82, 2.24) is 15.1 Å². The molecule has 39 heavy (non-hydrogen) atoms. The maximum absolute atomic E-state index is 13.5. The molecule has 1 amide bonds. The summed E-state index contributed by atoms with van der Waals surface area (Å²) in [5, 5.41) is 19.2. The molecule has 0 saturated heterocycles. The molecule has 6 nitrogen and oxygen atoms in total. The van der Waals surface area contributed by atoms with Gasteiger partial charge in [0.2, 0.25) is 0 Å². The Bertz CT molecular complexity index is 1550. The Kier molecular flexibility index (Phi) is 7.22. The summed E-state index contributed by atoms with van der Waals surface area (Å²) in [5.41, 5.74) is 2.52. The quantitative estimate of drug-likeness (QED) is 0.276. The van der Waals surface area contributed by atoms with Crippen molar-refractivity contribution >= 4 is 11.6 Å². The van der Waals surface area contributed by atoms with Gasteiger partial charge in [-0.1, -0.05) is 42.5 Å². The number of aryl methyl sites for hydroxylation is 1. The zero-order valence-electron chi connectivity index (χ0n) is 21.2. The Morgan fingerprint density at radius 3 is 2.56 bits per heavy atom. The van der Waals surface area contributed by atoms with Gasteiger partial charge in [-0.05, 0) is 79.3 Å². The molecule has 5 rings (SSSR count). The number of anilines is 1. The number of nitrogens with one attached hydrogen (secondary N) is 2. The van der Waals surface area contributed by atoms with E-state index in [0.29, 0.717) is 17.7 Å². The van der Waals surface area contributed by atoms with Gasteiger partial charge < -0.3 is 10.6 Å². The first-order chi connectivity index (χ1) is 18.7. The fraction of sp³-hybridized carbons (Fsp3) is 0.233. The van der Waals surface area contributed by atoms with Gasteiger partial charge in [0.05, 0.1) is 23.4 Å². The van der Waals surface area contributed by atoms with Gasteiger partial charge in [-0.2, -0.15) is 23.5 Å². The van der Waals surface area contributed by atoms with Crippen LogP contribution in [-0.2, 0) is 6.18 Å². The Hall–Kier alpha value is -4.42. The lowest BCUT2D eigenvalue weighted by Gasteiger charge is -2.22. The number of nitriles is 1. The maximum Gasteiger partial charge on any atom is 0.435 e. The van der Waals surface area contributed by atoms with E-state index in [2.05, 4.69) is 21.8 Å². The molecule has 1 unspecified atom stereocenters. The number of amides is 1. The number of rotatable bonds is 8.